The molecular weight excluding hydrogens is 226 g/mol. The van der Waals surface area contributed by atoms with Crippen molar-refractivity contribution in [3.63, 3.8) is 0 Å². The maximum absolute atomic E-state index is 11.1. The fourth-order valence-electron chi connectivity index (χ4n) is 2.20. The number of piperidine rings is 1. The van der Waals surface area contributed by atoms with Crippen LogP contribution in [0.2, 0.25) is 0 Å². The summed E-state index contributed by atoms with van der Waals surface area (Å²) in [5, 5.41) is 20.5. The van der Waals surface area contributed by atoms with Crippen LogP contribution in [0.25, 0.3) is 0 Å². The van der Waals surface area contributed by atoms with Gasteiger partial charge < -0.3 is 26.2 Å². The number of aliphatic carboxylic acids is 1. The van der Waals surface area contributed by atoms with E-state index in [1.54, 1.807) is 0 Å². The highest BCUT2D eigenvalue weighted by Crippen LogP contribution is 2.19. The predicted molar refractivity (Wildman–Crippen MR) is 60.4 cm³/mol. The molecule has 0 aromatic carbocycles. The van der Waals surface area contributed by atoms with Gasteiger partial charge >= 0.3 is 12.0 Å². The number of carboxylic acid groups (broad SMARTS) is 1. The quantitative estimate of drug-likeness (QED) is 0.486. The number of likely N-dealkylation sites (tertiary alicyclic amines) is 1. The Labute approximate surface area is 99.6 Å². The molecule has 0 radical (unpaired) electrons. The van der Waals surface area contributed by atoms with Crippen LogP contribution in [0.1, 0.15) is 12.8 Å². The molecule has 0 spiro atoms. The highest BCUT2D eigenvalue weighted by atomic mass is 16.4. The summed E-state index contributed by atoms with van der Waals surface area (Å²) in [5.74, 6) is -0.966. The van der Waals surface area contributed by atoms with Gasteiger partial charge in [0.2, 0.25) is 0 Å². The van der Waals surface area contributed by atoms with Crippen LogP contribution in [-0.2, 0) is 4.79 Å². The zero-order valence-electron chi connectivity index (χ0n) is 9.63. The minimum absolute atomic E-state index is 0.00671. The standard InChI is InChI=1S/C10H19N3O4/c11-10(17)13-5-7(4-9(15)16)3-8(6-13)12-1-2-14/h7-8,12,14H,1-6H2,(H2,11,17)(H,15,16). The van der Waals surface area contributed by atoms with E-state index in [9.17, 15) is 9.59 Å². The van der Waals surface area contributed by atoms with E-state index in [0.29, 0.717) is 26.1 Å². The summed E-state index contributed by atoms with van der Waals surface area (Å²) < 4.78 is 0. The number of carboxylic acids is 1. The molecule has 1 fully saturated rings. The molecule has 0 aliphatic carbocycles. The molecule has 7 nitrogen and oxygen atoms in total. The maximum Gasteiger partial charge on any atom is 0.314 e. The molecule has 0 bridgehead atoms. The summed E-state index contributed by atoms with van der Waals surface area (Å²) in [6, 6.07) is -0.538. The van der Waals surface area contributed by atoms with Gasteiger partial charge in [-0.15, -0.1) is 0 Å². The summed E-state index contributed by atoms with van der Waals surface area (Å²) in [6.07, 6.45) is 0.706. The van der Waals surface area contributed by atoms with E-state index in [2.05, 4.69) is 5.32 Å². The summed E-state index contributed by atoms with van der Waals surface area (Å²) in [4.78, 5) is 23.2. The Morgan fingerprint density at radius 3 is 2.65 bits per heavy atom. The van der Waals surface area contributed by atoms with Crippen molar-refractivity contribution in [2.75, 3.05) is 26.2 Å². The molecule has 1 saturated heterocycles. The maximum atomic E-state index is 11.1. The van der Waals surface area contributed by atoms with Crippen LogP contribution in [0.5, 0.6) is 0 Å². The Kier molecular flexibility index (Phi) is 5.17. The van der Waals surface area contributed by atoms with E-state index < -0.39 is 12.0 Å². The SMILES string of the molecule is NC(=O)N1CC(CC(=O)O)CC(NCCO)C1. The van der Waals surface area contributed by atoms with Gasteiger partial charge in [0.05, 0.1) is 6.61 Å². The van der Waals surface area contributed by atoms with Gasteiger partial charge in [-0.05, 0) is 12.3 Å². The third kappa shape index (κ3) is 4.58. The van der Waals surface area contributed by atoms with Crippen LogP contribution in [-0.4, -0.2) is 59.4 Å². The van der Waals surface area contributed by atoms with E-state index in [1.807, 2.05) is 0 Å². The van der Waals surface area contributed by atoms with Crippen molar-refractivity contribution in [1.82, 2.24) is 10.2 Å². The van der Waals surface area contributed by atoms with Crippen molar-refractivity contribution in [3.8, 4) is 0 Å². The normalized spacial score (nSPS) is 24.6. The zero-order chi connectivity index (χ0) is 12.8. The number of primary amides is 1. The Morgan fingerprint density at radius 1 is 1.41 bits per heavy atom. The van der Waals surface area contributed by atoms with E-state index in [4.69, 9.17) is 15.9 Å². The van der Waals surface area contributed by atoms with Crippen molar-refractivity contribution < 1.29 is 19.8 Å². The molecule has 1 aliphatic rings. The van der Waals surface area contributed by atoms with E-state index in [-0.39, 0.29) is 25.0 Å². The van der Waals surface area contributed by atoms with Gasteiger partial charge in [0, 0.05) is 32.1 Å². The number of aliphatic hydroxyl groups is 1. The summed E-state index contributed by atoms with van der Waals surface area (Å²) >= 11 is 0. The van der Waals surface area contributed by atoms with Gasteiger partial charge in [-0.2, -0.15) is 0 Å². The van der Waals surface area contributed by atoms with Gasteiger partial charge in [0.25, 0.3) is 0 Å². The molecule has 17 heavy (non-hydrogen) atoms. The number of urea groups is 1. The van der Waals surface area contributed by atoms with Crippen molar-refractivity contribution >= 4 is 12.0 Å². The molecular formula is C10H19N3O4. The molecule has 0 aromatic heterocycles. The van der Waals surface area contributed by atoms with Crippen molar-refractivity contribution in [2.45, 2.75) is 18.9 Å². The molecule has 1 rings (SSSR count). The second-order valence-corrected chi connectivity index (χ2v) is 4.32. The number of hydrogen-bond donors (Lipinski definition) is 4. The molecule has 2 atom stereocenters. The fraction of sp³-hybridized carbons (Fsp3) is 0.800. The number of carbonyl (C=O) groups excluding carboxylic acids is 1. The lowest BCUT2D eigenvalue weighted by Gasteiger charge is -2.36. The Hall–Kier alpha value is -1.34. The monoisotopic (exact) mass is 245 g/mol. The molecule has 98 valence electrons. The molecule has 5 N–H and O–H groups in total. The van der Waals surface area contributed by atoms with Crippen molar-refractivity contribution in [3.05, 3.63) is 0 Å². The molecule has 1 aliphatic heterocycles. The minimum Gasteiger partial charge on any atom is -0.481 e. The highest BCUT2D eigenvalue weighted by Gasteiger charge is 2.29. The van der Waals surface area contributed by atoms with Gasteiger partial charge in [0.1, 0.15) is 0 Å². The first-order valence-electron chi connectivity index (χ1n) is 5.63. The van der Waals surface area contributed by atoms with Gasteiger partial charge in [-0.25, -0.2) is 4.79 Å². The van der Waals surface area contributed by atoms with Gasteiger partial charge in [-0.3, -0.25) is 4.79 Å². The number of hydrogen-bond acceptors (Lipinski definition) is 4. The zero-order valence-corrected chi connectivity index (χ0v) is 9.63. The minimum atomic E-state index is -0.873. The van der Waals surface area contributed by atoms with Gasteiger partial charge in [0.15, 0.2) is 0 Å². The van der Waals surface area contributed by atoms with E-state index in [0.717, 1.165) is 0 Å². The lowest BCUT2D eigenvalue weighted by molar-refractivity contribution is -0.138. The molecule has 2 amide bonds. The van der Waals surface area contributed by atoms with Crippen LogP contribution in [0.4, 0.5) is 4.79 Å². The number of aliphatic hydroxyl groups excluding tert-OH is 1. The summed E-state index contributed by atoms with van der Waals surface area (Å²) in [7, 11) is 0. The number of carbonyl (C=O) groups is 2. The molecule has 2 unspecified atom stereocenters. The second kappa shape index (κ2) is 6.41. The van der Waals surface area contributed by atoms with E-state index in [1.165, 1.54) is 4.90 Å². The van der Waals surface area contributed by atoms with Crippen molar-refractivity contribution in [1.29, 1.82) is 0 Å². The molecule has 0 aromatic rings. The third-order valence-corrected chi connectivity index (χ3v) is 2.86. The van der Waals surface area contributed by atoms with Crippen LogP contribution in [0.3, 0.4) is 0 Å². The largest absolute Gasteiger partial charge is 0.481 e. The molecule has 0 saturated carbocycles. The molecule has 1 heterocycles. The fourth-order valence-corrected chi connectivity index (χ4v) is 2.20. The number of nitrogens with zero attached hydrogens (tertiary/aromatic N) is 1. The topological polar surface area (TPSA) is 116 Å². The van der Waals surface area contributed by atoms with Crippen LogP contribution in [0.15, 0.2) is 0 Å². The number of rotatable bonds is 5. The Balaban J connectivity index is 2.55. The smallest absolute Gasteiger partial charge is 0.314 e. The third-order valence-electron chi connectivity index (χ3n) is 2.86. The summed E-state index contributed by atoms with van der Waals surface area (Å²) in [6.45, 7) is 1.29. The highest BCUT2D eigenvalue weighted by molar-refractivity contribution is 5.72. The summed E-state index contributed by atoms with van der Waals surface area (Å²) in [5.41, 5.74) is 5.21. The number of nitrogens with one attached hydrogen (secondary N) is 1. The number of nitrogens with two attached hydrogens (primary N) is 1. The first-order chi connectivity index (χ1) is 8.02. The first kappa shape index (κ1) is 13.7. The predicted octanol–water partition coefficient (Wildman–Crippen LogP) is -1.19. The van der Waals surface area contributed by atoms with Crippen LogP contribution < -0.4 is 11.1 Å². The van der Waals surface area contributed by atoms with Crippen molar-refractivity contribution in [2.24, 2.45) is 11.7 Å². The average molecular weight is 245 g/mol. The van der Waals surface area contributed by atoms with Gasteiger partial charge in [-0.1, -0.05) is 0 Å². The Morgan fingerprint density at radius 2 is 2.12 bits per heavy atom. The van der Waals surface area contributed by atoms with Crippen LogP contribution >= 0.6 is 0 Å². The Bertz CT molecular complexity index is 285. The van der Waals surface area contributed by atoms with E-state index >= 15 is 0 Å². The lowest BCUT2D eigenvalue weighted by Crippen LogP contribution is -2.53. The lowest BCUT2D eigenvalue weighted by atomic mass is 9.91. The average Bonchev–Trinajstić information content (AvgIpc) is 2.25. The molecule has 7 heteroatoms. The number of amides is 2. The van der Waals surface area contributed by atoms with Crippen LogP contribution in [0, 0.1) is 5.92 Å². The second-order valence-electron chi connectivity index (χ2n) is 4.32. The first-order valence-corrected chi connectivity index (χ1v) is 5.63.